The Labute approximate surface area is 122 Å². The van der Waals surface area contributed by atoms with Crippen molar-refractivity contribution in [2.75, 3.05) is 0 Å². The van der Waals surface area contributed by atoms with Gasteiger partial charge in [-0.05, 0) is 0 Å². The molecule has 0 spiro atoms. The smallest absolute Gasteiger partial charge is 0 e. The van der Waals surface area contributed by atoms with Crippen LogP contribution in [0.4, 0.5) is 0 Å². The quantitative estimate of drug-likeness (QED) is 0.461. The van der Waals surface area contributed by atoms with Crippen molar-refractivity contribution in [2.45, 2.75) is 0 Å². The van der Waals surface area contributed by atoms with Gasteiger partial charge in [-0.3, -0.25) is 0 Å². The van der Waals surface area contributed by atoms with E-state index in [1.165, 1.54) is 0 Å². The molecule has 5 heavy (non-hydrogen) atoms. The first-order valence-electron chi connectivity index (χ1n) is 0. The van der Waals surface area contributed by atoms with Crippen molar-refractivity contribution >= 4 is 59.4 Å². The van der Waals surface area contributed by atoms with Crippen molar-refractivity contribution in [3.8, 4) is 0 Å². The van der Waals surface area contributed by atoms with Gasteiger partial charge >= 0.3 is 0 Å². The first kappa shape index (κ1) is 35.4. The fourth-order valence-electron chi connectivity index (χ4n) is 0. The fraction of sp³-hybridized carbons (Fsp3) is 0. The van der Waals surface area contributed by atoms with E-state index in [4.69, 9.17) is 0 Å². The predicted molar refractivity (Wildman–Crippen MR) is 17.3 cm³/mol. The zero-order valence-electron chi connectivity index (χ0n) is 2.89. The Morgan fingerprint density at radius 1 is 0.400 bits per heavy atom. The third-order valence-corrected chi connectivity index (χ3v) is 0. The molecule has 0 saturated carbocycles. The normalized spacial score (nSPS) is 0. The predicted octanol–water partition coefficient (Wildman–Crippen LogP) is -1.15. The van der Waals surface area contributed by atoms with Crippen molar-refractivity contribution in [2.24, 2.45) is 0 Å². The second-order valence-electron chi connectivity index (χ2n) is 0. The van der Waals surface area contributed by atoms with Gasteiger partial charge in [0.1, 0.15) is 0 Å². The molecule has 0 N–H and O–H groups in total. The van der Waals surface area contributed by atoms with Crippen LogP contribution in [0.3, 0.4) is 0 Å². The summed E-state index contributed by atoms with van der Waals surface area (Å²) in [5.41, 5.74) is 0. The largest absolute Gasteiger partial charge is 0 e. The molecule has 0 nitrogen and oxygen atoms in total. The molecule has 0 aliphatic carbocycles. The van der Waals surface area contributed by atoms with Gasteiger partial charge in [0, 0.05) is 125 Å². The van der Waals surface area contributed by atoms with E-state index in [9.17, 15) is 0 Å². The van der Waals surface area contributed by atoms with Crippen LogP contribution in [0.25, 0.3) is 0 Å². The van der Waals surface area contributed by atoms with Crippen molar-refractivity contribution in [3.05, 3.63) is 0 Å². The van der Waals surface area contributed by atoms with Gasteiger partial charge in [-0.15, -0.1) is 0 Å². The Kier molecular flexibility index (Phi) is 172. The van der Waals surface area contributed by atoms with Crippen LogP contribution < -0.4 is 0 Å². The van der Waals surface area contributed by atoms with Crippen LogP contribution in [0.5, 0.6) is 0 Å². The maximum Gasteiger partial charge on any atom is 0 e. The van der Waals surface area contributed by atoms with E-state index < -0.39 is 0 Å². The van der Waals surface area contributed by atoms with Crippen molar-refractivity contribution in [3.63, 3.8) is 0 Å². The summed E-state index contributed by atoms with van der Waals surface area (Å²) in [7, 11) is 0. The summed E-state index contributed by atoms with van der Waals surface area (Å²) in [6.45, 7) is 0. The van der Waals surface area contributed by atoms with E-state index in [2.05, 4.69) is 0 Å². The van der Waals surface area contributed by atoms with Gasteiger partial charge in [0.05, 0.1) is 0 Å². The van der Waals surface area contributed by atoms with Crippen LogP contribution in [0.15, 0.2) is 0 Å². The van der Waals surface area contributed by atoms with Crippen LogP contribution in [-0.2, 0) is 65.4 Å². The molecule has 15 valence electrons. The van der Waals surface area contributed by atoms with Crippen molar-refractivity contribution in [1.29, 1.82) is 0 Å². The summed E-state index contributed by atoms with van der Waals surface area (Å²) >= 11 is 0. The minimum absolute atomic E-state index is 0. The zero-order valence-corrected chi connectivity index (χ0v) is 15.8. The third kappa shape index (κ3) is 17.9. The van der Waals surface area contributed by atoms with Crippen molar-refractivity contribution < 1.29 is 65.4 Å². The molecule has 0 bridgehead atoms. The van der Waals surface area contributed by atoms with Gasteiger partial charge in [-0.1, -0.05) is 0 Å². The average Bonchev–Trinajstić information content (AvgIpc) is 0. The molecule has 0 aromatic rings. The molecular weight excluding hydrogens is 387 g/mol. The SMILES string of the molecule is [Ga].[Ga].[Ga].[Y].[Y]. The van der Waals surface area contributed by atoms with E-state index in [0.29, 0.717) is 0 Å². The topological polar surface area (TPSA) is 0 Å². The molecule has 5 heteroatoms. The zero-order chi connectivity index (χ0) is 0. The molecule has 0 atom stereocenters. The molecule has 11 radical (unpaired) electrons. The van der Waals surface area contributed by atoms with Gasteiger partial charge < -0.3 is 0 Å². The Morgan fingerprint density at radius 2 is 0.400 bits per heavy atom. The summed E-state index contributed by atoms with van der Waals surface area (Å²) < 4.78 is 0. The number of hydrogen-bond donors (Lipinski definition) is 0. The van der Waals surface area contributed by atoms with Gasteiger partial charge in [-0.2, -0.15) is 0 Å². The minimum Gasteiger partial charge on any atom is 0 e. The molecule has 0 heterocycles. The first-order chi connectivity index (χ1) is 0. The van der Waals surface area contributed by atoms with Crippen LogP contribution >= 0.6 is 0 Å². The van der Waals surface area contributed by atoms with Crippen molar-refractivity contribution in [1.82, 2.24) is 0 Å². The van der Waals surface area contributed by atoms with Crippen LogP contribution in [0.2, 0.25) is 0 Å². The molecule has 0 rings (SSSR count). The van der Waals surface area contributed by atoms with E-state index >= 15 is 0 Å². The minimum atomic E-state index is 0. The standard InChI is InChI=1S/3Ga.2Y. The third-order valence-electron chi connectivity index (χ3n) is 0. The monoisotopic (exact) mass is 385 g/mol. The van der Waals surface area contributed by atoms with Crippen LogP contribution in [-0.4, -0.2) is 59.4 Å². The Hall–Kier alpha value is 4.12. The molecular formula is Ga3Y2. The van der Waals surface area contributed by atoms with E-state index in [1.54, 1.807) is 0 Å². The van der Waals surface area contributed by atoms with Gasteiger partial charge in [0.15, 0.2) is 0 Å². The van der Waals surface area contributed by atoms with Gasteiger partial charge in [0.2, 0.25) is 0 Å². The second kappa shape index (κ2) is 24.3. The summed E-state index contributed by atoms with van der Waals surface area (Å²) in [5, 5.41) is 0. The molecule has 0 aliphatic heterocycles. The number of rotatable bonds is 0. The van der Waals surface area contributed by atoms with E-state index in [-0.39, 0.29) is 125 Å². The Balaban J connectivity index is 0. The maximum atomic E-state index is 0. The Morgan fingerprint density at radius 3 is 0.400 bits per heavy atom. The van der Waals surface area contributed by atoms with Gasteiger partial charge in [0.25, 0.3) is 0 Å². The first-order valence-corrected chi connectivity index (χ1v) is 0. The van der Waals surface area contributed by atoms with Gasteiger partial charge in [-0.25, -0.2) is 0 Å². The van der Waals surface area contributed by atoms with E-state index in [1.807, 2.05) is 0 Å². The van der Waals surface area contributed by atoms with E-state index in [0.717, 1.165) is 0 Å². The average molecular weight is 387 g/mol. The fourth-order valence-corrected chi connectivity index (χ4v) is 0. The summed E-state index contributed by atoms with van der Waals surface area (Å²) in [6.07, 6.45) is 0. The van der Waals surface area contributed by atoms with Crippen LogP contribution in [0.1, 0.15) is 0 Å². The molecule has 0 fully saturated rings. The summed E-state index contributed by atoms with van der Waals surface area (Å²) in [6, 6.07) is 0. The van der Waals surface area contributed by atoms with Crippen LogP contribution in [0, 0.1) is 0 Å². The molecule has 0 saturated heterocycles. The summed E-state index contributed by atoms with van der Waals surface area (Å²) in [4.78, 5) is 0. The second-order valence-corrected chi connectivity index (χ2v) is 0. The Bertz CT molecular complexity index is 4.85. The molecule has 0 unspecified atom stereocenters. The maximum absolute atomic E-state index is 0. The molecule has 0 aliphatic rings. The summed E-state index contributed by atoms with van der Waals surface area (Å²) in [5.74, 6) is 0. The number of hydrogen-bond acceptors (Lipinski definition) is 0. The molecule has 0 aromatic carbocycles. The molecule has 0 aromatic heterocycles. The molecule has 0 amide bonds.